The van der Waals surface area contributed by atoms with Crippen molar-refractivity contribution in [3.8, 4) is 0 Å². The van der Waals surface area contributed by atoms with E-state index in [1.807, 2.05) is 0 Å². The summed E-state index contributed by atoms with van der Waals surface area (Å²) < 4.78 is 51.6. The lowest BCUT2D eigenvalue weighted by atomic mass is 10.1. The third kappa shape index (κ3) is 5.40. The summed E-state index contributed by atoms with van der Waals surface area (Å²) in [7, 11) is -7.21. The lowest BCUT2D eigenvalue weighted by Crippen LogP contribution is -2.40. The molecule has 152 valence electrons. The summed E-state index contributed by atoms with van der Waals surface area (Å²) in [4.78, 5) is 12.6. The molecule has 2 aromatic rings. The monoisotopic (exact) mass is 424 g/mol. The molecule has 2 aromatic carbocycles. The highest BCUT2D eigenvalue weighted by Crippen LogP contribution is 2.23. The number of anilines is 1. The minimum absolute atomic E-state index is 0.0351. The fourth-order valence-electron chi connectivity index (χ4n) is 2.44. The number of sulfonamides is 1. The van der Waals surface area contributed by atoms with Crippen LogP contribution in [0.25, 0.3) is 0 Å². The first-order valence-corrected chi connectivity index (χ1v) is 11.8. The topological polar surface area (TPSA) is 109 Å². The highest BCUT2D eigenvalue weighted by molar-refractivity contribution is 7.91. The minimum Gasteiger partial charge on any atom is -0.321 e. The molecule has 1 amide bonds. The van der Waals surface area contributed by atoms with Crippen LogP contribution in [0.1, 0.15) is 38.1 Å². The second kappa shape index (κ2) is 8.02. The van der Waals surface area contributed by atoms with Crippen LogP contribution in [-0.2, 0) is 19.9 Å². The van der Waals surface area contributed by atoms with Crippen LogP contribution in [0.5, 0.6) is 0 Å². The van der Waals surface area contributed by atoms with Crippen molar-refractivity contribution in [2.75, 3.05) is 11.1 Å². The Morgan fingerprint density at radius 3 is 2.04 bits per heavy atom. The minimum atomic E-state index is -3.71. The second-order valence-corrected chi connectivity index (χ2v) is 11.2. The summed E-state index contributed by atoms with van der Waals surface area (Å²) in [5, 5.41) is 2.58. The molecule has 0 aromatic heterocycles. The number of nitrogens with one attached hydrogen (secondary N) is 2. The van der Waals surface area contributed by atoms with Gasteiger partial charge in [-0.3, -0.25) is 4.79 Å². The van der Waals surface area contributed by atoms with Crippen LogP contribution >= 0.6 is 0 Å². The molecule has 2 N–H and O–H groups in total. The van der Waals surface area contributed by atoms with Gasteiger partial charge < -0.3 is 5.32 Å². The van der Waals surface area contributed by atoms with Gasteiger partial charge in [0.05, 0.1) is 21.2 Å². The van der Waals surface area contributed by atoms with Gasteiger partial charge in [-0.2, -0.15) is 0 Å². The molecule has 0 fully saturated rings. The third-order valence-electron chi connectivity index (χ3n) is 3.72. The van der Waals surface area contributed by atoms with Gasteiger partial charge in [0.1, 0.15) is 0 Å². The van der Waals surface area contributed by atoms with Gasteiger partial charge in [0.15, 0.2) is 9.84 Å². The fourth-order valence-corrected chi connectivity index (χ4v) is 4.91. The number of carbonyl (C=O) groups is 1. The number of carbonyl (C=O) groups excluding carboxylic acids is 1. The second-order valence-electron chi connectivity index (χ2n) is 7.23. The van der Waals surface area contributed by atoms with Crippen molar-refractivity contribution in [2.24, 2.45) is 0 Å². The van der Waals surface area contributed by atoms with Crippen LogP contribution in [0.4, 0.5) is 5.69 Å². The van der Waals surface area contributed by atoms with Crippen molar-refractivity contribution < 1.29 is 21.6 Å². The molecule has 9 heteroatoms. The van der Waals surface area contributed by atoms with Gasteiger partial charge in [-0.05, 0) is 57.2 Å². The van der Waals surface area contributed by atoms with E-state index in [-0.39, 0.29) is 26.8 Å². The standard InChI is InChI=1S/C19H24N2O5S2/c1-5-27(23,24)17-9-7-6-8-16(17)20-18(22)14-10-12-15(13-11-14)28(25,26)21-19(2,3)4/h6-13,21H,5H2,1-4H3,(H,20,22). The zero-order chi connectivity index (χ0) is 21.2. The summed E-state index contributed by atoms with van der Waals surface area (Å²) in [5.74, 6) is -0.626. The van der Waals surface area contributed by atoms with Crippen molar-refractivity contribution in [2.45, 2.75) is 43.0 Å². The molecule has 0 heterocycles. The first kappa shape index (κ1) is 22.1. The van der Waals surface area contributed by atoms with E-state index in [9.17, 15) is 21.6 Å². The van der Waals surface area contributed by atoms with Crippen molar-refractivity contribution >= 4 is 31.5 Å². The Bertz CT molecular complexity index is 1070. The van der Waals surface area contributed by atoms with E-state index < -0.39 is 31.3 Å². The maximum Gasteiger partial charge on any atom is 0.255 e. The molecule has 0 unspecified atom stereocenters. The van der Waals surface area contributed by atoms with Gasteiger partial charge in [0.2, 0.25) is 10.0 Å². The highest BCUT2D eigenvalue weighted by atomic mass is 32.2. The molecule has 7 nitrogen and oxygen atoms in total. The van der Waals surface area contributed by atoms with E-state index >= 15 is 0 Å². The summed E-state index contributed by atoms with van der Waals surface area (Å²) >= 11 is 0. The quantitative estimate of drug-likeness (QED) is 0.741. The third-order valence-corrected chi connectivity index (χ3v) is 7.28. The lowest BCUT2D eigenvalue weighted by Gasteiger charge is -2.20. The zero-order valence-corrected chi connectivity index (χ0v) is 17.8. The van der Waals surface area contributed by atoms with Crippen molar-refractivity contribution in [3.05, 3.63) is 54.1 Å². The number of para-hydroxylation sites is 1. The van der Waals surface area contributed by atoms with Crippen molar-refractivity contribution in [3.63, 3.8) is 0 Å². The Kier molecular flexibility index (Phi) is 6.32. The molecule has 2 rings (SSSR count). The summed E-state index contributed by atoms with van der Waals surface area (Å²) in [5.41, 5.74) is -0.248. The Balaban J connectivity index is 2.26. The summed E-state index contributed by atoms with van der Waals surface area (Å²) in [6.07, 6.45) is 0. The average Bonchev–Trinajstić information content (AvgIpc) is 2.60. The molecule has 0 spiro atoms. The molecular weight excluding hydrogens is 400 g/mol. The molecule has 0 saturated carbocycles. The van der Waals surface area contributed by atoms with Crippen LogP contribution in [0.3, 0.4) is 0 Å². The molecule has 0 aliphatic heterocycles. The SMILES string of the molecule is CCS(=O)(=O)c1ccccc1NC(=O)c1ccc(S(=O)(=O)NC(C)(C)C)cc1. The Hall–Kier alpha value is -2.23. The van der Waals surface area contributed by atoms with E-state index in [0.29, 0.717) is 0 Å². The number of hydrogen-bond acceptors (Lipinski definition) is 5. The number of hydrogen-bond donors (Lipinski definition) is 2. The van der Waals surface area contributed by atoms with Crippen LogP contribution in [-0.4, -0.2) is 34.0 Å². The summed E-state index contributed by atoms with van der Waals surface area (Å²) in [6.45, 7) is 6.72. The lowest BCUT2D eigenvalue weighted by molar-refractivity contribution is 0.102. The first-order valence-electron chi connectivity index (χ1n) is 8.63. The number of rotatable bonds is 6. The fraction of sp³-hybridized carbons (Fsp3) is 0.316. The summed E-state index contributed by atoms with van der Waals surface area (Å²) in [6, 6.07) is 11.6. The van der Waals surface area contributed by atoms with Gasteiger partial charge in [-0.25, -0.2) is 21.6 Å². The molecule has 0 bridgehead atoms. The van der Waals surface area contributed by atoms with Crippen molar-refractivity contribution in [1.82, 2.24) is 4.72 Å². The highest BCUT2D eigenvalue weighted by Gasteiger charge is 2.22. The molecule has 0 aliphatic carbocycles. The molecule has 0 saturated heterocycles. The van der Waals surface area contributed by atoms with Crippen molar-refractivity contribution in [1.29, 1.82) is 0 Å². The predicted octanol–water partition coefficient (Wildman–Crippen LogP) is 2.81. The van der Waals surface area contributed by atoms with E-state index in [1.54, 1.807) is 32.9 Å². The molecule has 0 radical (unpaired) electrons. The van der Waals surface area contributed by atoms with E-state index in [4.69, 9.17) is 0 Å². The largest absolute Gasteiger partial charge is 0.321 e. The number of benzene rings is 2. The predicted molar refractivity (Wildman–Crippen MR) is 109 cm³/mol. The molecule has 28 heavy (non-hydrogen) atoms. The maximum absolute atomic E-state index is 12.5. The Labute approximate surface area is 166 Å². The molecule has 0 atom stereocenters. The van der Waals surface area contributed by atoms with Gasteiger partial charge in [0.25, 0.3) is 5.91 Å². The van der Waals surface area contributed by atoms with E-state index in [2.05, 4.69) is 10.0 Å². The smallest absolute Gasteiger partial charge is 0.255 e. The number of amides is 1. The van der Waals surface area contributed by atoms with Gasteiger partial charge in [-0.1, -0.05) is 19.1 Å². The zero-order valence-electron chi connectivity index (χ0n) is 16.2. The Morgan fingerprint density at radius 1 is 0.929 bits per heavy atom. The van der Waals surface area contributed by atoms with Gasteiger partial charge in [0, 0.05) is 11.1 Å². The van der Waals surface area contributed by atoms with E-state index in [1.165, 1.54) is 43.3 Å². The number of sulfone groups is 1. The van der Waals surface area contributed by atoms with Crippen LogP contribution in [0, 0.1) is 0 Å². The van der Waals surface area contributed by atoms with E-state index in [0.717, 1.165) is 0 Å². The normalized spacial score (nSPS) is 12.6. The first-order chi connectivity index (χ1) is 12.9. The van der Waals surface area contributed by atoms with Crippen LogP contribution < -0.4 is 10.0 Å². The molecule has 0 aliphatic rings. The maximum atomic E-state index is 12.5. The van der Waals surface area contributed by atoms with Crippen LogP contribution in [0.2, 0.25) is 0 Å². The van der Waals surface area contributed by atoms with Crippen LogP contribution in [0.15, 0.2) is 58.3 Å². The van der Waals surface area contributed by atoms with Gasteiger partial charge >= 0.3 is 0 Å². The van der Waals surface area contributed by atoms with Gasteiger partial charge in [-0.15, -0.1) is 0 Å². The molecular formula is C19H24N2O5S2. The average molecular weight is 425 g/mol. The Morgan fingerprint density at radius 2 is 1.50 bits per heavy atom.